The van der Waals surface area contributed by atoms with E-state index >= 15 is 0 Å². The maximum absolute atomic E-state index is 12.8. The van der Waals surface area contributed by atoms with Crippen LogP contribution >= 0.6 is 0 Å². The Morgan fingerprint density at radius 1 is 1.09 bits per heavy atom. The molecule has 0 spiro atoms. The van der Waals surface area contributed by atoms with E-state index in [1.165, 1.54) is 24.3 Å². The third-order valence-electron chi connectivity index (χ3n) is 3.16. The average Bonchev–Trinajstić information content (AvgIpc) is 2.97. The van der Waals surface area contributed by atoms with E-state index in [0.29, 0.717) is 10.9 Å². The van der Waals surface area contributed by atoms with Gasteiger partial charge in [0.1, 0.15) is 5.82 Å². The second-order valence-electron chi connectivity index (χ2n) is 4.62. The van der Waals surface area contributed by atoms with E-state index in [2.05, 4.69) is 10.2 Å². The highest BCUT2D eigenvalue weighted by atomic mass is 19.1. The summed E-state index contributed by atoms with van der Waals surface area (Å²) in [5.41, 5.74) is 1.11. The van der Waals surface area contributed by atoms with Gasteiger partial charge in [0.15, 0.2) is 18.1 Å². The van der Waals surface area contributed by atoms with Crippen molar-refractivity contribution in [2.24, 2.45) is 0 Å². The van der Waals surface area contributed by atoms with Gasteiger partial charge in [0.2, 0.25) is 0 Å². The number of H-pyrrole nitrogens is 1. The number of para-hydroxylation sites is 1. The minimum atomic E-state index is -0.687. The summed E-state index contributed by atoms with van der Waals surface area (Å²) in [6.07, 6.45) is 0. The predicted molar refractivity (Wildman–Crippen MR) is 77.1 cm³/mol. The molecular formula is C16H11FN2O3. The van der Waals surface area contributed by atoms with Crippen molar-refractivity contribution in [2.45, 2.75) is 0 Å². The largest absolute Gasteiger partial charge is 0.452 e. The zero-order valence-corrected chi connectivity index (χ0v) is 11.4. The summed E-state index contributed by atoms with van der Waals surface area (Å²) in [5.74, 6) is -1.53. The molecule has 0 aliphatic heterocycles. The van der Waals surface area contributed by atoms with Gasteiger partial charge in [-0.1, -0.05) is 18.2 Å². The number of aromatic nitrogens is 2. The number of Topliss-reactive ketones (excluding diaryl/α,β-unsaturated/α-hetero) is 1. The van der Waals surface area contributed by atoms with E-state index < -0.39 is 24.2 Å². The van der Waals surface area contributed by atoms with E-state index in [9.17, 15) is 14.0 Å². The summed E-state index contributed by atoms with van der Waals surface area (Å²) in [6, 6.07) is 12.1. The Bertz CT molecular complexity index is 840. The fourth-order valence-corrected chi connectivity index (χ4v) is 2.04. The highest BCUT2D eigenvalue weighted by Gasteiger charge is 2.17. The third-order valence-corrected chi connectivity index (χ3v) is 3.16. The van der Waals surface area contributed by atoms with Crippen molar-refractivity contribution < 1.29 is 18.7 Å². The van der Waals surface area contributed by atoms with E-state index in [1.807, 2.05) is 6.07 Å². The normalized spacial score (nSPS) is 10.6. The number of aromatic amines is 1. The molecule has 3 rings (SSSR count). The van der Waals surface area contributed by atoms with Crippen molar-refractivity contribution in [1.82, 2.24) is 10.2 Å². The fourth-order valence-electron chi connectivity index (χ4n) is 2.04. The van der Waals surface area contributed by atoms with Crippen LogP contribution in [0.2, 0.25) is 0 Å². The second kappa shape index (κ2) is 5.77. The molecule has 0 bridgehead atoms. The molecule has 0 fully saturated rings. The first kappa shape index (κ1) is 13.9. The summed E-state index contributed by atoms with van der Waals surface area (Å²) >= 11 is 0. The van der Waals surface area contributed by atoms with E-state index in [4.69, 9.17) is 4.74 Å². The zero-order chi connectivity index (χ0) is 15.5. The molecule has 1 aromatic heterocycles. The Labute approximate surface area is 124 Å². The van der Waals surface area contributed by atoms with Gasteiger partial charge >= 0.3 is 5.97 Å². The molecule has 6 heteroatoms. The summed E-state index contributed by atoms with van der Waals surface area (Å²) in [7, 11) is 0. The van der Waals surface area contributed by atoms with Gasteiger partial charge in [0, 0.05) is 10.9 Å². The molecule has 0 aliphatic rings. The number of fused-ring (bicyclic) bond motifs is 1. The van der Waals surface area contributed by atoms with Crippen LogP contribution in [-0.4, -0.2) is 28.6 Å². The maximum atomic E-state index is 12.8. The van der Waals surface area contributed by atoms with Crippen molar-refractivity contribution in [3.8, 4) is 0 Å². The number of hydrogen-bond acceptors (Lipinski definition) is 4. The Balaban J connectivity index is 1.70. The van der Waals surface area contributed by atoms with Crippen LogP contribution in [0, 0.1) is 5.82 Å². The van der Waals surface area contributed by atoms with Gasteiger partial charge in [0.05, 0.1) is 5.52 Å². The number of rotatable bonds is 4. The lowest BCUT2D eigenvalue weighted by atomic mass is 10.1. The van der Waals surface area contributed by atoms with E-state index in [0.717, 1.165) is 0 Å². The highest BCUT2D eigenvalue weighted by molar-refractivity contribution is 6.03. The SMILES string of the molecule is O=C(COC(=O)c1n[nH]c2ccccc12)c1ccc(F)cc1. The molecule has 1 N–H and O–H groups in total. The molecule has 0 saturated carbocycles. The second-order valence-corrected chi connectivity index (χ2v) is 4.62. The number of carbonyl (C=O) groups excluding carboxylic acids is 2. The molecule has 0 unspecified atom stereocenters. The van der Waals surface area contributed by atoms with Crippen LogP contribution in [0.1, 0.15) is 20.8 Å². The summed E-state index contributed by atoms with van der Waals surface area (Å²) in [6.45, 7) is -0.425. The highest BCUT2D eigenvalue weighted by Crippen LogP contribution is 2.16. The van der Waals surface area contributed by atoms with E-state index in [1.54, 1.807) is 18.2 Å². The number of ketones is 1. The van der Waals surface area contributed by atoms with Gasteiger partial charge < -0.3 is 4.74 Å². The number of nitrogens with zero attached hydrogens (tertiary/aromatic N) is 1. The lowest BCUT2D eigenvalue weighted by molar-refractivity contribution is 0.0470. The van der Waals surface area contributed by atoms with Crippen molar-refractivity contribution in [3.05, 3.63) is 65.6 Å². The van der Waals surface area contributed by atoms with Crippen LogP contribution in [0.15, 0.2) is 48.5 Å². The van der Waals surface area contributed by atoms with Gasteiger partial charge in [-0.15, -0.1) is 0 Å². The first-order valence-corrected chi connectivity index (χ1v) is 6.54. The van der Waals surface area contributed by atoms with Gasteiger partial charge in [-0.25, -0.2) is 9.18 Å². The molecule has 1 heterocycles. The van der Waals surface area contributed by atoms with Crippen molar-refractivity contribution in [3.63, 3.8) is 0 Å². The van der Waals surface area contributed by atoms with Crippen LogP contribution in [0.4, 0.5) is 4.39 Å². The quantitative estimate of drug-likeness (QED) is 0.594. The minimum Gasteiger partial charge on any atom is -0.452 e. The first-order chi connectivity index (χ1) is 10.6. The number of halogens is 1. The van der Waals surface area contributed by atoms with Crippen LogP contribution in [0.25, 0.3) is 10.9 Å². The average molecular weight is 298 g/mol. The van der Waals surface area contributed by atoms with Crippen LogP contribution < -0.4 is 0 Å². The monoisotopic (exact) mass is 298 g/mol. The molecule has 0 saturated heterocycles. The van der Waals surface area contributed by atoms with Crippen LogP contribution in [-0.2, 0) is 4.74 Å². The van der Waals surface area contributed by atoms with Crippen molar-refractivity contribution >= 4 is 22.7 Å². The Kier molecular flexibility index (Phi) is 3.65. The summed E-state index contributed by atoms with van der Waals surface area (Å²) < 4.78 is 17.8. The Morgan fingerprint density at radius 2 is 1.82 bits per heavy atom. The molecule has 0 amide bonds. The molecule has 5 nitrogen and oxygen atoms in total. The van der Waals surface area contributed by atoms with Crippen molar-refractivity contribution in [1.29, 1.82) is 0 Å². The first-order valence-electron chi connectivity index (χ1n) is 6.54. The smallest absolute Gasteiger partial charge is 0.359 e. The molecule has 2 aromatic carbocycles. The molecule has 3 aromatic rings. The van der Waals surface area contributed by atoms with Crippen LogP contribution in [0.5, 0.6) is 0 Å². The predicted octanol–water partition coefficient (Wildman–Crippen LogP) is 2.74. The molecule has 0 aliphatic carbocycles. The van der Waals surface area contributed by atoms with Gasteiger partial charge in [-0.3, -0.25) is 9.89 Å². The lowest BCUT2D eigenvalue weighted by Gasteiger charge is -2.03. The topological polar surface area (TPSA) is 72.1 Å². The number of hydrogen-bond donors (Lipinski definition) is 1. The molecule has 22 heavy (non-hydrogen) atoms. The molecular weight excluding hydrogens is 287 g/mol. The number of carbonyl (C=O) groups is 2. The lowest BCUT2D eigenvalue weighted by Crippen LogP contribution is -2.14. The number of ether oxygens (including phenoxy) is 1. The third kappa shape index (κ3) is 2.71. The number of benzene rings is 2. The summed E-state index contributed by atoms with van der Waals surface area (Å²) in [5, 5.41) is 7.24. The van der Waals surface area contributed by atoms with Gasteiger partial charge in [-0.05, 0) is 30.3 Å². The van der Waals surface area contributed by atoms with Crippen molar-refractivity contribution in [2.75, 3.05) is 6.61 Å². The van der Waals surface area contributed by atoms with Crippen LogP contribution in [0.3, 0.4) is 0 Å². The molecule has 0 atom stereocenters. The minimum absolute atomic E-state index is 0.127. The Hall–Kier alpha value is -3.02. The molecule has 0 radical (unpaired) electrons. The Morgan fingerprint density at radius 3 is 2.59 bits per heavy atom. The van der Waals surface area contributed by atoms with E-state index in [-0.39, 0.29) is 11.3 Å². The fraction of sp³-hybridized carbons (Fsp3) is 0.0625. The summed E-state index contributed by atoms with van der Waals surface area (Å²) in [4.78, 5) is 23.9. The zero-order valence-electron chi connectivity index (χ0n) is 11.4. The standard InChI is InChI=1S/C16H11FN2O3/c17-11-7-5-10(6-8-11)14(20)9-22-16(21)15-12-3-1-2-4-13(12)18-19-15/h1-8H,9H2,(H,18,19). The number of esters is 1. The maximum Gasteiger partial charge on any atom is 0.359 e. The van der Waals surface area contributed by atoms with Gasteiger partial charge in [0.25, 0.3) is 0 Å². The molecule has 110 valence electrons. The van der Waals surface area contributed by atoms with Gasteiger partial charge in [-0.2, -0.15) is 5.10 Å². The number of nitrogens with one attached hydrogen (secondary N) is 1.